The van der Waals surface area contributed by atoms with Gasteiger partial charge in [0.1, 0.15) is 6.04 Å². The molecule has 115 valence electrons. The summed E-state index contributed by atoms with van der Waals surface area (Å²) in [6.45, 7) is 3.86. The van der Waals surface area contributed by atoms with Crippen LogP contribution in [0.1, 0.15) is 52.4 Å². The van der Waals surface area contributed by atoms with Gasteiger partial charge in [-0.3, -0.25) is 14.4 Å². The van der Waals surface area contributed by atoms with Gasteiger partial charge >= 0.3 is 0 Å². The molecule has 20 heavy (non-hydrogen) atoms. The number of amides is 2. The maximum atomic E-state index is 11.9. The highest BCUT2D eigenvalue weighted by molar-refractivity contribution is 5.90. The molecule has 6 heteroatoms. The average Bonchev–Trinajstić information content (AvgIpc) is 2.45. The molecule has 0 aromatic heterocycles. The topological polar surface area (TPSA) is 101 Å². The predicted molar refractivity (Wildman–Crippen MR) is 77.7 cm³/mol. The Morgan fingerprint density at radius 1 is 1.10 bits per heavy atom. The Hall–Kier alpha value is -1.43. The summed E-state index contributed by atoms with van der Waals surface area (Å²) < 4.78 is 0. The minimum absolute atomic E-state index is 0.167. The first-order valence-corrected chi connectivity index (χ1v) is 7.25. The van der Waals surface area contributed by atoms with Crippen LogP contribution in [0.15, 0.2) is 0 Å². The molecule has 2 atom stereocenters. The molecule has 2 amide bonds. The van der Waals surface area contributed by atoms with Gasteiger partial charge in [-0.25, -0.2) is 0 Å². The van der Waals surface area contributed by atoms with Crippen LogP contribution < -0.4 is 16.4 Å². The smallest absolute Gasteiger partial charge is 0.242 e. The van der Waals surface area contributed by atoms with Gasteiger partial charge in [-0.1, -0.05) is 39.5 Å². The van der Waals surface area contributed by atoms with E-state index in [0.717, 1.165) is 25.7 Å². The summed E-state index contributed by atoms with van der Waals surface area (Å²) in [6, 6.07) is -1.23. The summed E-state index contributed by atoms with van der Waals surface area (Å²) in [5, 5.41) is 5.07. The lowest BCUT2D eigenvalue weighted by Crippen LogP contribution is -2.51. The highest BCUT2D eigenvalue weighted by Gasteiger charge is 2.22. The molecule has 4 N–H and O–H groups in total. The van der Waals surface area contributed by atoms with Crippen molar-refractivity contribution >= 4 is 18.1 Å². The Bertz CT molecular complexity index is 308. The van der Waals surface area contributed by atoms with Gasteiger partial charge in [0, 0.05) is 0 Å². The van der Waals surface area contributed by atoms with Gasteiger partial charge in [0.15, 0.2) is 0 Å². The van der Waals surface area contributed by atoms with Gasteiger partial charge in [-0.05, 0) is 12.8 Å². The molecular formula is C14H26N3O3. The molecule has 0 unspecified atom stereocenters. The van der Waals surface area contributed by atoms with Gasteiger partial charge in [0.2, 0.25) is 18.1 Å². The van der Waals surface area contributed by atoms with Crippen LogP contribution in [0.25, 0.3) is 0 Å². The van der Waals surface area contributed by atoms with Crippen molar-refractivity contribution in [1.29, 1.82) is 0 Å². The molecule has 0 fully saturated rings. The number of hydrogen-bond donors (Lipinski definition) is 3. The standard InChI is InChI=1S/C14H26N3O3/c1-3-5-7-11(15)13(19)17-12(8-6-4-2)14(20)16-9-10-18/h11-12H,3-9,15H2,1-2H3,(H,16,20)(H,17,19)/t11-,12+/m0/s1. The summed E-state index contributed by atoms with van der Waals surface area (Å²) in [5.41, 5.74) is 5.77. The maximum absolute atomic E-state index is 11.9. The molecule has 0 aromatic rings. The van der Waals surface area contributed by atoms with E-state index in [0.29, 0.717) is 12.8 Å². The van der Waals surface area contributed by atoms with Gasteiger partial charge < -0.3 is 16.4 Å². The molecule has 0 bridgehead atoms. The van der Waals surface area contributed by atoms with Gasteiger partial charge in [-0.2, -0.15) is 0 Å². The van der Waals surface area contributed by atoms with Gasteiger partial charge in [0.05, 0.1) is 12.6 Å². The first kappa shape index (κ1) is 18.6. The van der Waals surface area contributed by atoms with Crippen LogP contribution in [0.2, 0.25) is 0 Å². The van der Waals surface area contributed by atoms with Crippen molar-refractivity contribution in [3.05, 3.63) is 0 Å². The van der Waals surface area contributed by atoms with Crippen LogP contribution in [0.5, 0.6) is 0 Å². The molecule has 0 aliphatic heterocycles. The molecule has 0 saturated heterocycles. The average molecular weight is 284 g/mol. The summed E-state index contributed by atoms with van der Waals surface area (Å²) in [7, 11) is 0. The van der Waals surface area contributed by atoms with E-state index >= 15 is 0 Å². The van der Waals surface area contributed by atoms with Crippen LogP contribution >= 0.6 is 0 Å². The second-order valence-corrected chi connectivity index (χ2v) is 4.81. The number of carbonyl (C=O) groups excluding carboxylic acids is 3. The quantitative estimate of drug-likeness (QED) is 0.511. The summed E-state index contributed by atoms with van der Waals surface area (Å²) in [6.07, 6.45) is 6.31. The molecule has 0 aliphatic carbocycles. The number of hydrogen-bond acceptors (Lipinski definition) is 4. The predicted octanol–water partition coefficient (Wildman–Crippen LogP) is 0.405. The van der Waals surface area contributed by atoms with E-state index in [4.69, 9.17) is 5.73 Å². The van der Waals surface area contributed by atoms with Gasteiger partial charge in [0.25, 0.3) is 0 Å². The monoisotopic (exact) mass is 284 g/mol. The van der Waals surface area contributed by atoms with E-state index in [9.17, 15) is 14.4 Å². The van der Waals surface area contributed by atoms with Gasteiger partial charge in [-0.15, -0.1) is 0 Å². The Labute approximate surface area is 120 Å². The summed E-state index contributed by atoms with van der Waals surface area (Å²) in [5.74, 6) is -0.678. The van der Waals surface area contributed by atoms with Crippen molar-refractivity contribution in [1.82, 2.24) is 10.6 Å². The molecule has 0 aliphatic rings. The van der Waals surface area contributed by atoms with Crippen molar-refractivity contribution in [2.75, 3.05) is 6.54 Å². The Kier molecular flexibility index (Phi) is 10.6. The fourth-order valence-corrected chi connectivity index (χ4v) is 1.76. The third-order valence-corrected chi connectivity index (χ3v) is 3.02. The van der Waals surface area contributed by atoms with Crippen LogP contribution in [0.3, 0.4) is 0 Å². The second-order valence-electron chi connectivity index (χ2n) is 4.81. The lowest BCUT2D eigenvalue weighted by Gasteiger charge is -2.20. The van der Waals surface area contributed by atoms with Crippen molar-refractivity contribution < 1.29 is 14.4 Å². The third-order valence-electron chi connectivity index (χ3n) is 3.02. The van der Waals surface area contributed by atoms with Crippen molar-refractivity contribution in [2.45, 2.75) is 64.5 Å². The van der Waals surface area contributed by atoms with Crippen LogP contribution in [0.4, 0.5) is 0 Å². The van der Waals surface area contributed by atoms with Crippen LogP contribution in [-0.4, -0.2) is 36.7 Å². The maximum Gasteiger partial charge on any atom is 0.242 e. The van der Waals surface area contributed by atoms with Crippen molar-refractivity contribution in [2.24, 2.45) is 5.73 Å². The fourth-order valence-electron chi connectivity index (χ4n) is 1.76. The largest absolute Gasteiger partial charge is 0.347 e. The zero-order valence-electron chi connectivity index (χ0n) is 12.4. The Balaban J connectivity index is 4.42. The first-order chi connectivity index (χ1) is 9.56. The molecule has 0 spiro atoms. The first-order valence-electron chi connectivity index (χ1n) is 7.25. The molecule has 6 nitrogen and oxygen atoms in total. The van der Waals surface area contributed by atoms with E-state index in [1.807, 2.05) is 13.8 Å². The second kappa shape index (κ2) is 11.4. The normalized spacial score (nSPS) is 13.3. The number of carbonyl (C=O) groups is 2. The highest BCUT2D eigenvalue weighted by atomic mass is 16.2. The minimum atomic E-state index is -0.636. The highest BCUT2D eigenvalue weighted by Crippen LogP contribution is 2.03. The SMILES string of the molecule is CCCC[C@H](N)C(=O)N[C@H](CCCC)C(=O)NC[C]=O. The minimum Gasteiger partial charge on any atom is -0.347 e. The number of unbranched alkanes of at least 4 members (excludes halogenated alkanes) is 2. The van der Waals surface area contributed by atoms with E-state index in [2.05, 4.69) is 10.6 Å². The molecule has 0 heterocycles. The van der Waals surface area contributed by atoms with E-state index in [-0.39, 0.29) is 18.4 Å². The van der Waals surface area contributed by atoms with Crippen molar-refractivity contribution in [3.8, 4) is 0 Å². The van der Waals surface area contributed by atoms with Crippen molar-refractivity contribution in [3.63, 3.8) is 0 Å². The molecule has 1 radical (unpaired) electrons. The lowest BCUT2D eigenvalue weighted by molar-refractivity contribution is -0.129. The fraction of sp³-hybridized carbons (Fsp3) is 0.786. The molecule has 0 rings (SSSR count). The molecular weight excluding hydrogens is 258 g/mol. The lowest BCUT2D eigenvalue weighted by atomic mass is 10.1. The third kappa shape index (κ3) is 7.89. The van der Waals surface area contributed by atoms with E-state index in [1.165, 1.54) is 0 Å². The zero-order valence-corrected chi connectivity index (χ0v) is 12.4. The van der Waals surface area contributed by atoms with Crippen LogP contribution in [-0.2, 0) is 14.4 Å². The number of rotatable bonds is 11. The Morgan fingerprint density at radius 3 is 2.25 bits per heavy atom. The van der Waals surface area contributed by atoms with E-state index < -0.39 is 12.1 Å². The van der Waals surface area contributed by atoms with Crippen LogP contribution in [0, 0.1) is 0 Å². The number of nitrogens with two attached hydrogens (primary N) is 1. The Morgan fingerprint density at radius 2 is 1.70 bits per heavy atom. The molecule has 0 aromatic carbocycles. The number of nitrogens with one attached hydrogen (secondary N) is 2. The van der Waals surface area contributed by atoms with E-state index in [1.54, 1.807) is 6.29 Å². The zero-order chi connectivity index (χ0) is 15.4. The molecule has 0 saturated carbocycles. The summed E-state index contributed by atoms with van der Waals surface area (Å²) in [4.78, 5) is 33.9. The summed E-state index contributed by atoms with van der Waals surface area (Å²) >= 11 is 0.